The first-order valence-electron chi connectivity index (χ1n) is 9.55. The van der Waals surface area contributed by atoms with Crippen LogP contribution in [0.2, 0.25) is 0 Å². The van der Waals surface area contributed by atoms with Crippen molar-refractivity contribution in [1.29, 1.82) is 0 Å². The van der Waals surface area contributed by atoms with Gasteiger partial charge in [-0.05, 0) is 31.7 Å². The van der Waals surface area contributed by atoms with E-state index in [0.717, 1.165) is 44.6 Å². The van der Waals surface area contributed by atoms with E-state index in [2.05, 4.69) is 39.4 Å². The van der Waals surface area contributed by atoms with Crippen LogP contribution < -0.4 is 5.32 Å². The van der Waals surface area contributed by atoms with Gasteiger partial charge in [0.1, 0.15) is 0 Å². The van der Waals surface area contributed by atoms with Crippen molar-refractivity contribution in [3.63, 3.8) is 0 Å². The fraction of sp³-hybridized carbons (Fsp3) is 0.550. The molecule has 1 unspecified atom stereocenters. The summed E-state index contributed by atoms with van der Waals surface area (Å²) in [5.41, 5.74) is 1.21. The monoisotopic (exact) mass is 356 g/mol. The van der Waals surface area contributed by atoms with Crippen LogP contribution in [-0.4, -0.2) is 40.1 Å². The summed E-state index contributed by atoms with van der Waals surface area (Å²) < 4.78 is 5.36. The molecule has 6 nitrogen and oxygen atoms in total. The number of nitrogens with one attached hydrogen (secondary N) is 1. The number of hydrogen-bond donors (Lipinski definition) is 1. The van der Waals surface area contributed by atoms with E-state index in [1.54, 1.807) is 0 Å². The summed E-state index contributed by atoms with van der Waals surface area (Å²) in [5.74, 6) is 1.59. The molecule has 1 aromatic heterocycles. The van der Waals surface area contributed by atoms with Crippen LogP contribution in [0.5, 0.6) is 0 Å². The molecule has 0 saturated carbocycles. The van der Waals surface area contributed by atoms with Gasteiger partial charge in [-0.3, -0.25) is 9.69 Å². The van der Waals surface area contributed by atoms with Gasteiger partial charge >= 0.3 is 0 Å². The summed E-state index contributed by atoms with van der Waals surface area (Å²) in [6, 6.07) is 10.5. The van der Waals surface area contributed by atoms with Crippen molar-refractivity contribution in [2.24, 2.45) is 0 Å². The van der Waals surface area contributed by atoms with Gasteiger partial charge in [0.15, 0.2) is 5.82 Å². The van der Waals surface area contributed by atoms with E-state index in [4.69, 9.17) is 4.52 Å². The lowest BCUT2D eigenvalue weighted by Crippen LogP contribution is -2.45. The second kappa shape index (κ2) is 8.94. The Morgan fingerprint density at radius 3 is 2.69 bits per heavy atom. The Labute approximate surface area is 155 Å². The number of carbonyl (C=O) groups excluding carboxylic acids is 1. The Morgan fingerprint density at radius 2 is 2.04 bits per heavy atom. The minimum atomic E-state index is 0.123. The highest BCUT2D eigenvalue weighted by Crippen LogP contribution is 2.23. The molecular formula is C20H28N4O2. The fourth-order valence-corrected chi connectivity index (χ4v) is 3.37. The molecular weight excluding hydrogens is 328 g/mol. The SMILES string of the molecule is CCc1noc(C(C)N2CCC(NC(=O)CCc3ccccc3)CC2)n1. The van der Waals surface area contributed by atoms with Crippen LogP contribution in [0, 0.1) is 0 Å². The van der Waals surface area contributed by atoms with Crippen molar-refractivity contribution < 1.29 is 9.32 Å². The number of piperidine rings is 1. The van der Waals surface area contributed by atoms with Gasteiger partial charge in [0, 0.05) is 32.0 Å². The van der Waals surface area contributed by atoms with Crippen molar-refractivity contribution in [2.45, 2.75) is 58.0 Å². The lowest BCUT2D eigenvalue weighted by molar-refractivity contribution is -0.122. The second-order valence-corrected chi connectivity index (χ2v) is 6.94. The zero-order valence-electron chi connectivity index (χ0n) is 15.6. The molecule has 140 valence electrons. The highest BCUT2D eigenvalue weighted by molar-refractivity contribution is 5.76. The zero-order valence-corrected chi connectivity index (χ0v) is 15.6. The molecule has 1 fully saturated rings. The number of carbonyl (C=O) groups is 1. The molecule has 0 spiro atoms. The highest BCUT2D eigenvalue weighted by Gasteiger charge is 2.27. The summed E-state index contributed by atoms with van der Waals surface area (Å²) >= 11 is 0. The average molecular weight is 356 g/mol. The lowest BCUT2D eigenvalue weighted by atomic mass is 10.0. The minimum absolute atomic E-state index is 0.123. The maximum Gasteiger partial charge on any atom is 0.243 e. The first-order chi connectivity index (χ1) is 12.7. The third-order valence-electron chi connectivity index (χ3n) is 5.08. The Balaban J connectivity index is 1.41. The molecule has 26 heavy (non-hydrogen) atoms. The molecule has 3 rings (SSSR count). The van der Waals surface area contributed by atoms with Crippen LogP contribution in [0.3, 0.4) is 0 Å². The summed E-state index contributed by atoms with van der Waals surface area (Å²) in [7, 11) is 0. The van der Waals surface area contributed by atoms with Gasteiger partial charge in [-0.2, -0.15) is 4.98 Å². The molecule has 6 heteroatoms. The van der Waals surface area contributed by atoms with E-state index in [1.165, 1.54) is 5.56 Å². The van der Waals surface area contributed by atoms with Crippen LogP contribution in [0.15, 0.2) is 34.9 Å². The van der Waals surface area contributed by atoms with E-state index in [-0.39, 0.29) is 18.0 Å². The van der Waals surface area contributed by atoms with Crippen molar-refractivity contribution in [2.75, 3.05) is 13.1 Å². The molecule has 1 saturated heterocycles. The minimum Gasteiger partial charge on any atom is -0.353 e. The number of aromatic nitrogens is 2. The van der Waals surface area contributed by atoms with Gasteiger partial charge < -0.3 is 9.84 Å². The van der Waals surface area contributed by atoms with E-state index >= 15 is 0 Å². The third kappa shape index (κ3) is 4.91. The van der Waals surface area contributed by atoms with E-state index in [1.807, 2.05) is 25.1 Å². The van der Waals surface area contributed by atoms with Gasteiger partial charge in [-0.1, -0.05) is 42.4 Å². The first kappa shape index (κ1) is 18.6. The zero-order chi connectivity index (χ0) is 18.4. The van der Waals surface area contributed by atoms with Crippen molar-refractivity contribution in [3.05, 3.63) is 47.6 Å². The number of nitrogens with zero attached hydrogens (tertiary/aromatic N) is 3. The average Bonchev–Trinajstić information content (AvgIpc) is 3.16. The van der Waals surface area contributed by atoms with Gasteiger partial charge in [0.2, 0.25) is 11.8 Å². The van der Waals surface area contributed by atoms with Crippen LogP contribution >= 0.6 is 0 Å². The van der Waals surface area contributed by atoms with Crippen LogP contribution in [0.4, 0.5) is 0 Å². The maximum atomic E-state index is 12.2. The summed E-state index contributed by atoms with van der Waals surface area (Å²) in [6.45, 7) is 5.97. The number of benzene rings is 1. The van der Waals surface area contributed by atoms with E-state index < -0.39 is 0 Å². The van der Waals surface area contributed by atoms with Crippen LogP contribution in [0.1, 0.15) is 56.4 Å². The molecule has 2 heterocycles. The lowest BCUT2D eigenvalue weighted by Gasteiger charge is -2.34. The molecule has 1 aromatic carbocycles. The van der Waals surface area contributed by atoms with Crippen LogP contribution in [-0.2, 0) is 17.6 Å². The molecule has 0 radical (unpaired) electrons. The Bertz CT molecular complexity index is 693. The predicted octanol–water partition coefficient (Wildman–Crippen LogP) is 2.91. The standard InChI is InChI=1S/C20H28N4O2/c1-3-18-22-20(26-23-18)15(2)24-13-11-17(12-14-24)21-19(25)10-9-16-7-5-4-6-8-16/h4-8,15,17H,3,9-14H2,1-2H3,(H,21,25). The second-order valence-electron chi connectivity index (χ2n) is 6.94. The molecule has 1 atom stereocenters. The normalized spacial score (nSPS) is 17.2. The molecule has 1 aliphatic heterocycles. The fourth-order valence-electron chi connectivity index (χ4n) is 3.37. The largest absolute Gasteiger partial charge is 0.353 e. The van der Waals surface area contributed by atoms with Crippen molar-refractivity contribution in [1.82, 2.24) is 20.4 Å². The topological polar surface area (TPSA) is 71.3 Å². The molecule has 1 amide bonds. The van der Waals surface area contributed by atoms with Crippen molar-refractivity contribution >= 4 is 5.91 Å². The van der Waals surface area contributed by atoms with Gasteiger partial charge in [0.05, 0.1) is 6.04 Å². The Hall–Kier alpha value is -2.21. The number of hydrogen-bond acceptors (Lipinski definition) is 5. The molecule has 0 aliphatic carbocycles. The van der Waals surface area contributed by atoms with E-state index in [9.17, 15) is 4.79 Å². The number of amides is 1. The van der Waals surface area contributed by atoms with Gasteiger partial charge in [-0.25, -0.2) is 0 Å². The van der Waals surface area contributed by atoms with E-state index in [0.29, 0.717) is 12.3 Å². The van der Waals surface area contributed by atoms with Crippen molar-refractivity contribution in [3.8, 4) is 0 Å². The third-order valence-corrected chi connectivity index (χ3v) is 5.08. The molecule has 1 aliphatic rings. The number of likely N-dealkylation sites (tertiary alicyclic amines) is 1. The highest BCUT2D eigenvalue weighted by atomic mass is 16.5. The maximum absolute atomic E-state index is 12.2. The van der Waals surface area contributed by atoms with Gasteiger partial charge in [-0.15, -0.1) is 0 Å². The van der Waals surface area contributed by atoms with Crippen LogP contribution in [0.25, 0.3) is 0 Å². The quantitative estimate of drug-likeness (QED) is 0.826. The molecule has 0 bridgehead atoms. The van der Waals surface area contributed by atoms with Gasteiger partial charge in [0.25, 0.3) is 0 Å². The smallest absolute Gasteiger partial charge is 0.243 e. The molecule has 2 aromatic rings. The first-order valence-corrected chi connectivity index (χ1v) is 9.55. The molecule has 1 N–H and O–H groups in total. The Kier molecular flexibility index (Phi) is 6.39. The predicted molar refractivity (Wildman–Crippen MR) is 99.6 cm³/mol. The Morgan fingerprint density at radius 1 is 1.31 bits per heavy atom. The summed E-state index contributed by atoms with van der Waals surface area (Å²) in [5, 5.41) is 7.17. The summed E-state index contributed by atoms with van der Waals surface area (Å²) in [4.78, 5) is 19.0. The summed E-state index contributed by atoms with van der Waals surface area (Å²) in [6.07, 6.45) is 4.03. The number of aryl methyl sites for hydroxylation is 2. The number of rotatable bonds is 7.